The Kier molecular flexibility index (Phi) is 5.99. The van der Waals surface area contributed by atoms with Crippen LogP contribution >= 0.6 is 0 Å². The van der Waals surface area contributed by atoms with Crippen LogP contribution in [-0.4, -0.2) is 25.2 Å². The molecule has 0 bridgehead atoms. The molecule has 0 fully saturated rings. The summed E-state index contributed by atoms with van der Waals surface area (Å²) in [5, 5.41) is 8.21. The lowest BCUT2D eigenvalue weighted by atomic mass is 10.1. The van der Waals surface area contributed by atoms with E-state index < -0.39 is 0 Å². The average molecular weight is 450 g/mol. The Bertz CT molecular complexity index is 1490. The molecule has 1 N–H and O–H groups in total. The van der Waals surface area contributed by atoms with Crippen molar-refractivity contribution in [1.29, 1.82) is 0 Å². The third-order valence-corrected chi connectivity index (χ3v) is 5.59. The lowest BCUT2D eigenvalue weighted by molar-refractivity contribution is -0.121. The lowest BCUT2D eigenvalue weighted by Crippen LogP contribution is -2.32. The van der Waals surface area contributed by atoms with Gasteiger partial charge in [0.05, 0.1) is 29.5 Å². The minimum Gasteiger partial charge on any atom is -0.350 e. The monoisotopic (exact) mass is 449 g/mol. The number of nitrogens with one attached hydrogen (secondary N) is 1. The van der Waals surface area contributed by atoms with E-state index in [4.69, 9.17) is 5.10 Å². The van der Waals surface area contributed by atoms with E-state index in [1.54, 1.807) is 18.2 Å². The Labute approximate surface area is 196 Å². The van der Waals surface area contributed by atoms with E-state index >= 15 is 0 Å². The molecular formula is C27H23N5O2. The normalized spacial score (nSPS) is 10.9. The van der Waals surface area contributed by atoms with E-state index in [1.807, 2.05) is 65.5 Å². The van der Waals surface area contributed by atoms with Crippen molar-refractivity contribution in [3.05, 3.63) is 119 Å². The highest BCUT2D eigenvalue weighted by molar-refractivity contribution is 5.79. The molecule has 5 rings (SSSR count). The van der Waals surface area contributed by atoms with Crippen LogP contribution in [0.1, 0.15) is 11.1 Å². The number of fused-ring (bicyclic) bond motifs is 1. The fourth-order valence-electron chi connectivity index (χ4n) is 3.91. The van der Waals surface area contributed by atoms with Gasteiger partial charge in [0, 0.05) is 23.9 Å². The van der Waals surface area contributed by atoms with Crippen LogP contribution in [0.2, 0.25) is 0 Å². The fraction of sp³-hybridized carbons (Fsp3) is 0.111. The van der Waals surface area contributed by atoms with Crippen LogP contribution in [0.15, 0.2) is 102 Å². The molecule has 0 aliphatic carbocycles. The van der Waals surface area contributed by atoms with Gasteiger partial charge in [-0.1, -0.05) is 72.8 Å². The van der Waals surface area contributed by atoms with Gasteiger partial charge in [-0.3, -0.25) is 18.8 Å². The Morgan fingerprint density at radius 1 is 0.882 bits per heavy atom. The van der Waals surface area contributed by atoms with E-state index in [1.165, 1.54) is 10.9 Å². The molecule has 168 valence electrons. The zero-order valence-corrected chi connectivity index (χ0v) is 18.5. The maximum absolute atomic E-state index is 12.7. The zero-order chi connectivity index (χ0) is 23.3. The van der Waals surface area contributed by atoms with Gasteiger partial charge >= 0.3 is 0 Å². The number of hydrogen-bond acceptors (Lipinski definition) is 4. The molecule has 3 aromatic carbocycles. The summed E-state index contributed by atoms with van der Waals surface area (Å²) in [5.74, 6) is -0.269. The second-order valence-corrected chi connectivity index (χ2v) is 8.02. The SMILES string of the molecule is O=C(Cn1cnc2ccccc2c1=O)NCc1cn(Cc2ccccc2)nc1-c1ccccc1. The Morgan fingerprint density at radius 2 is 1.59 bits per heavy atom. The molecule has 0 saturated heterocycles. The van der Waals surface area contributed by atoms with E-state index in [0.29, 0.717) is 24.0 Å². The molecule has 0 radical (unpaired) electrons. The van der Waals surface area contributed by atoms with Crippen molar-refractivity contribution in [1.82, 2.24) is 24.6 Å². The van der Waals surface area contributed by atoms with Gasteiger partial charge in [0.1, 0.15) is 6.54 Å². The smallest absolute Gasteiger partial charge is 0.261 e. The van der Waals surface area contributed by atoms with Crippen molar-refractivity contribution in [3.8, 4) is 11.3 Å². The molecule has 0 atom stereocenters. The molecule has 0 spiro atoms. The maximum atomic E-state index is 12.7. The second kappa shape index (κ2) is 9.54. The van der Waals surface area contributed by atoms with E-state index in [0.717, 1.165) is 22.4 Å². The van der Waals surface area contributed by atoms with E-state index in [-0.39, 0.29) is 18.0 Å². The van der Waals surface area contributed by atoms with Gasteiger partial charge in [0.2, 0.25) is 5.91 Å². The minimum absolute atomic E-state index is 0.102. The summed E-state index contributed by atoms with van der Waals surface area (Å²) >= 11 is 0. The molecule has 0 saturated carbocycles. The van der Waals surface area contributed by atoms with E-state index in [9.17, 15) is 9.59 Å². The number of carbonyl (C=O) groups is 1. The Hall–Kier alpha value is -4.52. The zero-order valence-electron chi connectivity index (χ0n) is 18.5. The van der Waals surface area contributed by atoms with Crippen LogP contribution in [0.3, 0.4) is 0 Å². The highest BCUT2D eigenvalue weighted by Crippen LogP contribution is 2.22. The van der Waals surface area contributed by atoms with Gasteiger partial charge < -0.3 is 5.32 Å². The Morgan fingerprint density at radius 3 is 2.38 bits per heavy atom. The molecule has 1 amide bonds. The number of para-hydroxylation sites is 1. The molecule has 34 heavy (non-hydrogen) atoms. The largest absolute Gasteiger partial charge is 0.350 e. The van der Waals surface area contributed by atoms with Crippen molar-refractivity contribution in [2.45, 2.75) is 19.6 Å². The number of amides is 1. The fourth-order valence-corrected chi connectivity index (χ4v) is 3.91. The standard InChI is InChI=1S/C27H23N5O2/c33-25(18-31-19-29-24-14-8-7-13-23(24)27(31)34)28-15-22-17-32(16-20-9-3-1-4-10-20)30-26(22)21-11-5-2-6-12-21/h1-14,17,19H,15-16,18H2,(H,28,33). The molecule has 5 aromatic rings. The van der Waals surface area contributed by atoms with Gasteiger partial charge in [0.15, 0.2) is 0 Å². The number of nitrogens with zero attached hydrogens (tertiary/aromatic N) is 4. The molecule has 0 unspecified atom stereocenters. The lowest BCUT2D eigenvalue weighted by Gasteiger charge is -2.08. The van der Waals surface area contributed by atoms with Crippen molar-refractivity contribution >= 4 is 16.8 Å². The van der Waals surface area contributed by atoms with Crippen molar-refractivity contribution < 1.29 is 4.79 Å². The summed E-state index contributed by atoms with van der Waals surface area (Å²) in [6, 6.07) is 27.1. The number of rotatable bonds is 7. The molecule has 7 heteroatoms. The maximum Gasteiger partial charge on any atom is 0.261 e. The van der Waals surface area contributed by atoms with Gasteiger partial charge in [-0.05, 0) is 17.7 Å². The average Bonchev–Trinajstić information content (AvgIpc) is 3.28. The van der Waals surface area contributed by atoms with Gasteiger partial charge in [-0.15, -0.1) is 0 Å². The summed E-state index contributed by atoms with van der Waals surface area (Å²) in [6.45, 7) is 0.829. The topological polar surface area (TPSA) is 81.8 Å². The van der Waals surface area contributed by atoms with Crippen LogP contribution in [0.4, 0.5) is 0 Å². The third-order valence-electron chi connectivity index (χ3n) is 5.59. The number of hydrogen-bond donors (Lipinski definition) is 1. The Balaban J connectivity index is 1.34. The third kappa shape index (κ3) is 4.63. The first kappa shape index (κ1) is 21.3. The first-order chi connectivity index (χ1) is 16.7. The van der Waals surface area contributed by atoms with Gasteiger partial charge in [0.25, 0.3) is 5.56 Å². The number of carbonyl (C=O) groups excluding carboxylic acids is 1. The van der Waals surface area contributed by atoms with E-state index in [2.05, 4.69) is 22.4 Å². The molecule has 7 nitrogen and oxygen atoms in total. The molecule has 2 heterocycles. The predicted molar refractivity (Wildman–Crippen MR) is 131 cm³/mol. The van der Waals surface area contributed by atoms with Crippen molar-refractivity contribution in [3.63, 3.8) is 0 Å². The van der Waals surface area contributed by atoms with Gasteiger partial charge in [-0.25, -0.2) is 4.98 Å². The second-order valence-electron chi connectivity index (χ2n) is 8.02. The predicted octanol–water partition coefficient (Wildman–Crippen LogP) is 3.62. The quantitative estimate of drug-likeness (QED) is 0.411. The van der Waals surface area contributed by atoms with Crippen LogP contribution in [0, 0.1) is 0 Å². The van der Waals surface area contributed by atoms with Crippen molar-refractivity contribution in [2.24, 2.45) is 0 Å². The summed E-state index contributed by atoms with van der Waals surface area (Å²) in [6.07, 6.45) is 3.37. The van der Waals surface area contributed by atoms with Crippen molar-refractivity contribution in [2.75, 3.05) is 0 Å². The number of aromatic nitrogens is 4. The highest BCUT2D eigenvalue weighted by Gasteiger charge is 2.14. The van der Waals surface area contributed by atoms with Crippen LogP contribution in [-0.2, 0) is 24.4 Å². The summed E-state index contributed by atoms with van der Waals surface area (Å²) in [7, 11) is 0. The first-order valence-electron chi connectivity index (χ1n) is 11.0. The van der Waals surface area contributed by atoms with Gasteiger partial charge in [-0.2, -0.15) is 5.10 Å². The molecule has 2 aromatic heterocycles. The molecule has 0 aliphatic rings. The molecular weight excluding hydrogens is 426 g/mol. The summed E-state index contributed by atoms with van der Waals surface area (Å²) < 4.78 is 3.21. The van der Waals surface area contributed by atoms with Crippen LogP contribution in [0.25, 0.3) is 22.2 Å². The minimum atomic E-state index is -0.269. The first-order valence-corrected chi connectivity index (χ1v) is 11.0. The van der Waals surface area contributed by atoms with Crippen LogP contribution < -0.4 is 10.9 Å². The molecule has 0 aliphatic heterocycles. The highest BCUT2D eigenvalue weighted by atomic mass is 16.2. The number of benzene rings is 3. The van der Waals surface area contributed by atoms with Crippen LogP contribution in [0.5, 0.6) is 0 Å². The summed E-state index contributed by atoms with van der Waals surface area (Å²) in [5.41, 5.74) is 4.22. The summed E-state index contributed by atoms with van der Waals surface area (Å²) in [4.78, 5) is 29.7.